The van der Waals surface area contributed by atoms with Gasteiger partial charge < -0.3 is 10.6 Å². The van der Waals surface area contributed by atoms with Gasteiger partial charge >= 0.3 is 0 Å². The fourth-order valence-corrected chi connectivity index (χ4v) is 2.71. The average molecular weight is 239 g/mol. The molecule has 1 aliphatic heterocycles. The molecule has 0 aliphatic carbocycles. The van der Waals surface area contributed by atoms with E-state index in [0.29, 0.717) is 0 Å². The number of thiophene rings is 1. The Bertz CT molecular complexity index is 358. The second kappa shape index (κ2) is 5.43. The molecule has 0 radical (unpaired) electrons. The first-order valence-corrected chi connectivity index (χ1v) is 6.40. The van der Waals surface area contributed by atoms with E-state index in [1.165, 1.54) is 4.88 Å². The van der Waals surface area contributed by atoms with Crippen LogP contribution in [-0.2, 0) is 11.3 Å². The highest BCUT2D eigenvalue weighted by molar-refractivity contribution is 7.10. The van der Waals surface area contributed by atoms with Crippen molar-refractivity contribution in [3.05, 3.63) is 16.3 Å². The molecule has 0 unspecified atom stereocenters. The predicted octanol–water partition coefficient (Wildman–Crippen LogP) is 1.11. The maximum absolute atomic E-state index is 11.0. The molecule has 5 heteroatoms. The first-order valence-electron chi connectivity index (χ1n) is 5.53. The zero-order chi connectivity index (χ0) is 11.4. The van der Waals surface area contributed by atoms with Crippen molar-refractivity contribution in [1.29, 1.82) is 0 Å². The molecule has 16 heavy (non-hydrogen) atoms. The van der Waals surface area contributed by atoms with Crippen molar-refractivity contribution < 1.29 is 4.79 Å². The molecule has 1 saturated heterocycles. The van der Waals surface area contributed by atoms with Crippen LogP contribution < -0.4 is 10.6 Å². The van der Waals surface area contributed by atoms with Crippen LogP contribution in [0.5, 0.6) is 0 Å². The fraction of sp³-hybridized carbons (Fsp3) is 0.545. The van der Waals surface area contributed by atoms with Gasteiger partial charge in [-0.25, -0.2) is 0 Å². The molecule has 88 valence electrons. The van der Waals surface area contributed by atoms with Gasteiger partial charge in [-0.05, 0) is 11.4 Å². The third kappa shape index (κ3) is 3.04. The van der Waals surface area contributed by atoms with Gasteiger partial charge in [-0.1, -0.05) is 0 Å². The van der Waals surface area contributed by atoms with E-state index < -0.39 is 0 Å². The summed E-state index contributed by atoms with van der Waals surface area (Å²) >= 11 is 1.71. The lowest BCUT2D eigenvalue weighted by molar-refractivity contribution is -0.114. The summed E-state index contributed by atoms with van der Waals surface area (Å²) in [6.45, 7) is 6.76. The molecule has 1 aliphatic rings. The molecule has 0 atom stereocenters. The van der Waals surface area contributed by atoms with Gasteiger partial charge in [0.1, 0.15) is 0 Å². The Morgan fingerprint density at radius 1 is 1.56 bits per heavy atom. The number of carbonyl (C=O) groups excluding carboxylic acids is 1. The van der Waals surface area contributed by atoms with Gasteiger partial charge in [0, 0.05) is 44.5 Å². The summed E-state index contributed by atoms with van der Waals surface area (Å²) < 4.78 is 0. The standard InChI is InChI=1S/C11H17N3OS/c1-9(15)13-10-2-7-16-11(10)8-14-5-3-12-4-6-14/h2,7,12H,3-6,8H2,1H3,(H,13,15). The van der Waals surface area contributed by atoms with Crippen molar-refractivity contribution >= 4 is 22.9 Å². The largest absolute Gasteiger partial charge is 0.325 e. The topological polar surface area (TPSA) is 44.4 Å². The monoisotopic (exact) mass is 239 g/mol. The summed E-state index contributed by atoms with van der Waals surface area (Å²) in [5.41, 5.74) is 0.969. The van der Waals surface area contributed by atoms with E-state index >= 15 is 0 Å². The Kier molecular flexibility index (Phi) is 3.93. The highest BCUT2D eigenvalue weighted by atomic mass is 32.1. The van der Waals surface area contributed by atoms with Gasteiger partial charge in [0.05, 0.1) is 5.69 Å². The third-order valence-electron chi connectivity index (χ3n) is 2.63. The van der Waals surface area contributed by atoms with E-state index in [1.807, 2.05) is 11.4 Å². The van der Waals surface area contributed by atoms with E-state index in [1.54, 1.807) is 18.3 Å². The van der Waals surface area contributed by atoms with Crippen molar-refractivity contribution in [3.63, 3.8) is 0 Å². The molecule has 1 amide bonds. The first kappa shape index (κ1) is 11.6. The number of hydrogen-bond donors (Lipinski definition) is 2. The molecule has 0 saturated carbocycles. The molecule has 0 spiro atoms. The lowest BCUT2D eigenvalue weighted by Gasteiger charge is -2.27. The van der Waals surface area contributed by atoms with E-state index in [4.69, 9.17) is 0 Å². The van der Waals surface area contributed by atoms with Crippen LogP contribution in [0.4, 0.5) is 5.69 Å². The van der Waals surface area contributed by atoms with Gasteiger partial charge in [0.2, 0.25) is 5.91 Å². The van der Waals surface area contributed by atoms with Gasteiger partial charge in [0.25, 0.3) is 0 Å². The lowest BCUT2D eigenvalue weighted by Crippen LogP contribution is -2.42. The minimum Gasteiger partial charge on any atom is -0.325 e. The number of anilines is 1. The molecule has 0 aromatic carbocycles. The lowest BCUT2D eigenvalue weighted by atomic mass is 10.3. The smallest absolute Gasteiger partial charge is 0.221 e. The number of hydrogen-bond acceptors (Lipinski definition) is 4. The Labute approximate surface area is 99.6 Å². The first-order chi connectivity index (χ1) is 7.75. The van der Waals surface area contributed by atoms with Gasteiger partial charge in [-0.3, -0.25) is 9.69 Å². The maximum atomic E-state index is 11.0. The Hall–Kier alpha value is -0.910. The number of nitrogens with zero attached hydrogens (tertiary/aromatic N) is 1. The van der Waals surface area contributed by atoms with Gasteiger partial charge in [-0.15, -0.1) is 11.3 Å². The summed E-state index contributed by atoms with van der Waals surface area (Å²) in [6.07, 6.45) is 0. The van der Waals surface area contributed by atoms with Crippen molar-refractivity contribution in [2.75, 3.05) is 31.5 Å². The van der Waals surface area contributed by atoms with Crippen LogP contribution in [0.15, 0.2) is 11.4 Å². The molecule has 0 bridgehead atoms. The minimum atomic E-state index is -0.0000363. The van der Waals surface area contributed by atoms with Gasteiger partial charge in [0.15, 0.2) is 0 Å². The Morgan fingerprint density at radius 3 is 3.00 bits per heavy atom. The Balaban J connectivity index is 1.97. The van der Waals surface area contributed by atoms with Crippen LogP contribution in [0.2, 0.25) is 0 Å². The second-order valence-corrected chi connectivity index (χ2v) is 4.97. The van der Waals surface area contributed by atoms with Crippen molar-refractivity contribution in [2.45, 2.75) is 13.5 Å². The van der Waals surface area contributed by atoms with Crippen molar-refractivity contribution in [1.82, 2.24) is 10.2 Å². The summed E-state index contributed by atoms with van der Waals surface area (Å²) in [5.74, 6) is -0.0000363. The molecule has 2 heterocycles. The second-order valence-electron chi connectivity index (χ2n) is 3.96. The van der Waals surface area contributed by atoms with E-state index in [9.17, 15) is 4.79 Å². The Morgan fingerprint density at radius 2 is 2.31 bits per heavy atom. The zero-order valence-corrected chi connectivity index (χ0v) is 10.3. The van der Waals surface area contributed by atoms with Crippen LogP contribution in [0.3, 0.4) is 0 Å². The summed E-state index contributed by atoms with van der Waals surface area (Å²) in [6, 6.07) is 1.98. The average Bonchev–Trinajstić information content (AvgIpc) is 2.66. The normalized spacial score (nSPS) is 17.3. The third-order valence-corrected chi connectivity index (χ3v) is 3.54. The molecule has 1 aromatic rings. The van der Waals surface area contributed by atoms with E-state index in [0.717, 1.165) is 38.4 Å². The van der Waals surface area contributed by atoms with Crippen LogP contribution in [0.25, 0.3) is 0 Å². The maximum Gasteiger partial charge on any atom is 0.221 e. The molecular formula is C11H17N3OS. The highest BCUT2D eigenvalue weighted by Crippen LogP contribution is 2.24. The van der Waals surface area contributed by atoms with E-state index in [-0.39, 0.29) is 5.91 Å². The van der Waals surface area contributed by atoms with Crippen LogP contribution in [0, 0.1) is 0 Å². The SMILES string of the molecule is CC(=O)Nc1ccsc1CN1CCNCC1. The number of amides is 1. The molecule has 1 fully saturated rings. The van der Waals surface area contributed by atoms with Crippen LogP contribution in [0.1, 0.15) is 11.8 Å². The highest BCUT2D eigenvalue weighted by Gasteiger charge is 2.13. The molecular weight excluding hydrogens is 222 g/mol. The number of carbonyl (C=O) groups is 1. The summed E-state index contributed by atoms with van der Waals surface area (Å²) in [7, 11) is 0. The number of nitrogens with one attached hydrogen (secondary N) is 2. The van der Waals surface area contributed by atoms with Gasteiger partial charge in [-0.2, -0.15) is 0 Å². The number of rotatable bonds is 3. The molecule has 2 rings (SSSR count). The van der Waals surface area contributed by atoms with Crippen molar-refractivity contribution in [2.24, 2.45) is 0 Å². The molecule has 1 aromatic heterocycles. The molecule has 4 nitrogen and oxygen atoms in total. The van der Waals surface area contributed by atoms with Crippen LogP contribution >= 0.6 is 11.3 Å². The van der Waals surface area contributed by atoms with E-state index in [2.05, 4.69) is 15.5 Å². The van der Waals surface area contributed by atoms with Crippen molar-refractivity contribution in [3.8, 4) is 0 Å². The molecule has 2 N–H and O–H groups in total. The zero-order valence-electron chi connectivity index (χ0n) is 9.45. The predicted molar refractivity (Wildman–Crippen MR) is 66.8 cm³/mol. The fourth-order valence-electron chi connectivity index (χ4n) is 1.84. The summed E-state index contributed by atoms with van der Waals surface area (Å²) in [4.78, 5) is 14.7. The quantitative estimate of drug-likeness (QED) is 0.830. The minimum absolute atomic E-state index is 0.0000363. The number of piperazine rings is 1. The summed E-state index contributed by atoms with van der Waals surface area (Å²) in [5, 5.41) is 8.24. The van der Waals surface area contributed by atoms with Crippen LogP contribution in [-0.4, -0.2) is 37.0 Å².